The van der Waals surface area contributed by atoms with Crippen LogP contribution in [0.25, 0.3) is 17.0 Å². The molecule has 0 atom stereocenters. The average Bonchev–Trinajstić information content (AvgIpc) is 3.31. The summed E-state index contributed by atoms with van der Waals surface area (Å²) >= 11 is 0. The predicted octanol–water partition coefficient (Wildman–Crippen LogP) is 3.80. The molecule has 0 saturated heterocycles. The smallest absolute Gasteiger partial charge is 0.331 e. The van der Waals surface area contributed by atoms with E-state index in [9.17, 15) is 19.1 Å². The fraction of sp³-hybridized carbons (Fsp3) is 0.172. The van der Waals surface area contributed by atoms with Crippen molar-refractivity contribution in [1.29, 1.82) is 0 Å². The van der Waals surface area contributed by atoms with Gasteiger partial charge in [-0.05, 0) is 75.0 Å². The molecule has 186 valence electrons. The summed E-state index contributed by atoms with van der Waals surface area (Å²) in [4.78, 5) is 28.7. The predicted molar refractivity (Wildman–Crippen MR) is 135 cm³/mol. The molecule has 1 aliphatic rings. The van der Waals surface area contributed by atoms with Crippen LogP contribution >= 0.6 is 0 Å². The number of pyridine rings is 1. The molecule has 0 unspecified atom stereocenters. The molecular weight excluding hydrogens is 471 g/mol. The average molecular weight is 497 g/mol. The molecule has 0 radical (unpaired) electrons. The quantitative estimate of drug-likeness (QED) is 0.311. The summed E-state index contributed by atoms with van der Waals surface area (Å²) in [6, 6.07) is 14.4. The van der Waals surface area contributed by atoms with Crippen LogP contribution in [0.15, 0.2) is 67.0 Å². The Morgan fingerprint density at radius 2 is 1.70 bits per heavy atom. The largest absolute Gasteiger partial charge is 0.858 e. The number of anilines is 1. The van der Waals surface area contributed by atoms with Crippen molar-refractivity contribution in [2.24, 2.45) is 0 Å². The third-order valence-electron chi connectivity index (χ3n) is 6.43. The number of benzene rings is 2. The SMILES string of the molecule is CCc1nn(-c2ccc(C)cc2C)c([O-])c1C1=C([n+]2cccc(C)c2)C(=O)N(c2ccc(F)cc2)C1=O. The molecule has 0 N–H and O–H groups in total. The van der Waals surface area contributed by atoms with E-state index in [1.165, 1.54) is 28.9 Å². The summed E-state index contributed by atoms with van der Waals surface area (Å²) in [6.07, 6.45) is 3.75. The number of imide groups is 1. The minimum absolute atomic E-state index is 0.0252. The minimum Gasteiger partial charge on any atom is -0.858 e. The Bertz CT molecular complexity index is 1600. The molecule has 2 aromatic heterocycles. The Balaban J connectivity index is 1.78. The Labute approximate surface area is 213 Å². The number of nitrogens with zero attached hydrogens (tertiary/aromatic N) is 4. The third-order valence-corrected chi connectivity index (χ3v) is 6.43. The van der Waals surface area contributed by atoms with Gasteiger partial charge in [-0.3, -0.25) is 9.59 Å². The first kappa shape index (κ1) is 24.1. The van der Waals surface area contributed by atoms with Crippen molar-refractivity contribution in [3.8, 4) is 11.6 Å². The van der Waals surface area contributed by atoms with E-state index in [2.05, 4.69) is 5.10 Å². The van der Waals surface area contributed by atoms with Crippen LogP contribution < -0.4 is 14.6 Å². The topological polar surface area (TPSA) is 82.1 Å². The van der Waals surface area contributed by atoms with Crippen LogP contribution in [0.1, 0.15) is 34.9 Å². The van der Waals surface area contributed by atoms with E-state index in [4.69, 9.17) is 0 Å². The van der Waals surface area contributed by atoms with Crippen LogP contribution in [0.3, 0.4) is 0 Å². The van der Waals surface area contributed by atoms with E-state index < -0.39 is 23.5 Å². The molecule has 0 spiro atoms. The van der Waals surface area contributed by atoms with Crippen molar-refractivity contribution < 1.29 is 23.7 Å². The molecule has 0 saturated carbocycles. The Kier molecular flexibility index (Phi) is 5.95. The number of aromatic nitrogens is 3. The van der Waals surface area contributed by atoms with Gasteiger partial charge in [0.1, 0.15) is 11.4 Å². The Hall–Kier alpha value is -4.59. The van der Waals surface area contributed by atoms with E-state index in [1.54, 1.807) is 23.0 Å². The number of aryl methyl sites for hydroxylation is 4. The number of amides is 2. The molecule has 1 aliphatic heterocycles. The lowest BCUT2D eigenvalue weighted by Crippen LogP contribution is -2.39. The molecule has 5 rings (SSSR count). The first-order valence-corrected chi connectivity index (χ1v) is 11.9. The number of rotatable bonds is 5. The maximum Gasteiger partial charge on any atom is 0.331 e. The fourth-order valence-electron chi connectivity index (χ4n) is 4.69. The second-order valence-electron chi connectivity index (χ2n) is 9.12. The van der Waals surface area contributed by atoms with Gasteiger partial charge in [-0.1, -0.05) is 24.6 Å². The maximum atomic E-state index is 13.9. The molecule has 0 bridgehead atoms. The van der Waals surface area contributed by atoms with E-state index >= 15 is 0 Å². The van der Waals surface area contributed by atoms with Crippen molar-refractivity contribution in [3.05, 3.63) is 101 Å². The van der Waals surface area contributed by atoms with Crippen LogP contribution in [-0.2, 0) is 16.0 Å². The van der Waals surface area contributed by atoms with Crippen LogP contribution in [0.4, 0.5) is 10.1 Å². The summed E-state index contributed by atoms with van der Waals surface area (Å²) in [6.45, 7) is 7.56. The lowest BCUT2D eigenvalue weighted by atomic mass is 10.0. The van der Waals surface area contributed by atoms with Crippen LogP contribution in [0, 0.1) is 26.6 Å². The van der Waals surface area contributed by atoms with Gasteiger partial charge in [-0.15, -0.1) is 0 Å². The van der Waals surface area contributed by atoms with Crippen molar-refractivity contribution in [2.75, 3.05) is 4.90 Å². The second kappa shape index (κ2) is 9.13. The van der Waals surface area contributed by atoms with Crippen LogP contribution in [-0.4, -0.2) is 21.6 Å². The molecule has 0 fully saturated rings. The summed E-state index contributed by atoms with van der Waals surface area (Å²) in [5, 5.41) is 18.5. The molecular formula is C29H25FN4O3. The molecule has 37 heavy (non-hydrogen) atoms. The van der Waals surface area contributed by atoms with E-state index in [-0.39, 0.29) is 22.5 Å². The summed E-state index contributed by atoms with van der Waals surface area (Å²) in [5.41, 5.74) is 4.11. The molecule has 8 heteroatoms. The van der Waals surface area contributed by atoms with Gasteiger partial charge in [0.15, 0.2) is 12.4 Å². The van der Waals surface area contributed by atoms with E-state index in [0.717, 1.165) is 21.6 Å². The highest BCUT2D eigenvalue weighted by molar-refractivity contribution is 6.53. The lowest BCUT2D eigenvalue weighted by molar-refractivity contribution is -0.577. The second-order valence-corrected chi connectivity index (χ2v) is 9.12. The molecule has 0 aliphatic carbocycles. The van der Waals surface area contributed by atoms with Gasteiger partial charge in [0.25, 0.3) is 11.6 Å². The molecule has 2 amide bonds. The Morgan fingerprint density at radius 3 is 2.35 bits per heavy atom. The van der Waals surface area contributed by atoms with Crippen molar-refractivity contribution in [2.45, 2.75) is 34.1 Å². The highest BCUT2D eigenvalue weighted by atomic mass is 19.1. The highest BCUT2D eigenvalue weighted by Gasteiger charge is 2.47. The monoisotopic (exact) mass is 496 g/mol. The zero-order valence-electron chi connectivity index (χ0n) is 20.9. The van der Waals surface area contributed by atoms with Gasteiger partial charge in [0.2, 0.25) is 0 Å². The van der Waals surface area contributed by atoms with Crippen molar-refractivity contribution >= 4 is 28.8 Å². The zero-order chi connectivity index (χ0) is 26.4. The summed E-state index contributed by atoms with van der Waals surface area (Å²) < 4.78 is 16.5. The van der Waals surface area contributed by atoms with Crippen molar-refractivity contribution in [3.63, 3.8) is 0 Å². The molecule has 7 nitrogen and oxygen atoms in total. The standard InChI is InChI=1S/C29H25FN4O3/c1-5-22-24(28(36)34(31-22)23-13-8-17(2)15-19(23)4)25-26(32-14-6-7-18(3)16-32)29(37)33(27(25)35)21-11-9-20(30)10-12-21/h6-16H,5H2,1-4H3. The third kappa shape index (κ3) is 4.00. The van der Waals surface area contributed by atoms with Crippen molar-refractivity contribution in [1.82, 2.24) is 9.78 Å². The van der Waals surface area contributed by atoms with Gasteiger partial charge in [0, 0.05) is 17.2 Å². The van der Waals surface area contributed by atoms with Gasteiger partial charge in [0.05, 0.1) is 17.1 Å². The number of halogens is 1. The number of carbonyl (C=O) groups excluding carboxylic acids is 2. The Morgan fingerprint density at radius 1 is 0.973 bits per heavy atom. The van der Waals surface area contributed by atoms with Gasteiger partial charge < -0.3 is 5.11 Å². The first-order chi connectivity index (χ1) is 17.7. The number of hydrogen-bond acceptors (Lipinski definition) is 4. The maximum absolute atomic E-state index is 13.9. The fourth-order valence-corrected chi connectivity index (χ4v) is 4.69. The molecule has 4 aromatic rings. The minimum atomic E-state index is -0.660. The van der Waals surface area contributed by atoms with Crippen LogP contribution in [0.5, 0.6) is 5.88 Å². The molecule has 3 heterocycles. The van der Waals surface area contributed by atoms with E-state index in [1.807, 2.05) is 52.0 Å². The lowest BCUT2D eigenvalue weighted by Gasteiger charge is -2.16. The molecule has 2 aromatic carbocycles. The normalized spacial score (nSPS) is 13.7. The van der Waals surface area contributed by atoms with Gasteiger partial charge in [-0.25, -0.2) is 14.0 Å². The van der Waals surface area contributed by atoms with Gasteiger partial charge >= 0.3 is 5.91 Å². The van der Waals surface area contributed by atoms with E-state index in [0.29, 0.717) is 17.8 Å². The van der Waals surface area contributed by atoms with Crippen LogP contribution in [0.2, 0.25) is 0 Å². The first-order valence-electron chi connectivity index (χ1n) is 11.9. The summed E-state index contributed by atoms with van der Waals surface area (Å²) in [7, 11) is 0. The highest BCUT2D eigenvalue weighted by Crippen LogP contribution is 2.39. The van der Waals surface area contributed by atoms with Gasteiger partial charge in [-0.2, -0.15) is 9.67 Å². The number of hydrogen-bond donors (Lipinski definition) is 0. The number of carbonyl (C=O) groups is 2. The summed E-state index contributed by atoms with van der Waals surface area (Å²) in [5.74, 6) is -2.24. The zero-order valence-corrected chi connectivity index (χ0v) is 20.9.